The van der Waals surface area contributed by atoms with Gasteiger partial charge in [0.2, 0.25) is 5.91 Å². The number of nitrogens with one attached hydrogen (secondary N) is 1. The SMILES string of the molecule is COC(=O)N[C@H](C(=O)N1CCC[C@H]1C1=NC=C(c2ccc(B3OC(C)(C)C(C)(C)O3)cc2)C1)[C@@H](C)OC. The zero-order valence-electron chi connectivity index (χ0n) is 22.9. The summed E-state index contributed by atoms with van der Waals surface area (Å²) in [6.45, 7) is 10.5. The van der Waals surface area contributed by atoms with Gasteiger partial charge < -0.3 is 29.0 Å². The highest BCUT2D eigenvalue weighted by atomic mass is 16.7. The molecule has 2 fully saturated rings. The minimum Gasteiger partial charge on any atom is -0.453 e. The Labute approximate surface area is 219 Å². The van der Waals surface area contributed by atoms with Crippen molar-refractivity contribution >= 4 is 35.9 Å². The number of hydrogen-bond acceptors (Lipinski definition) is 7. The smallest absolute Gasteiger partial charge is 0.453 e. The number of amides is 2. The quantitative estimate of drug-likeness (QED) is 0.566. The van der Waals surface area contributed by atoms with Crippen molar-refractivity contribution < 1.29 is 28.4 Å². The third-order valence-corrected chi connectivity index (χ3v) is 8.05. The molecule has 3 aliphatic rings. The number of aliphatic imine (C=N–C) groups is 1. The molecular weight excluding hydrogens is 473 g/mol. The van der Waals surface area contributed by atoms with Crippen molar-refractivity contribution in [3.8, 4) is 0 Å². The van der Waals surface area contributed by atoms with Crippen LogP contribution in [0.4, 0.5) is 4.79 Å². The first-order valence-electron chi connectivity index (χ1n) is 12.9. The Balaban J connectivity index is 1.41. The fourth-order valence-electron chi connectivity index (χ4n) is 4.92. The highest BCUT2D eigenvalue weighted by Gasteiger charge is 2.51. The van der Waals surface area contributed by atoms with Crippen molar-refractivity contribution in [1.82, 2.24) is 10.2 Å². The summed E-state index contributed by atoms with van der Waals surface area (Å²) in [7, 11) is 2.39. The van der Waals surface area contributed by atoms with Crippen LogP contribution in [-0.4, -0.2) is 79.9 Å². The number of benzene rings is 1. The highest BCUT2D eigenvalue weighted by Crippen LogP contribution is 2.37. The zero-order chi connectivity index (χ0) is 27.0. The van der Waals surface area contributed by atoms with E-state index in [1.807, 2.05) is 50.9 Å². The molecule has 2 saturated heterocycles. The Bertz CT molecular complexity index is 1070. The van der Waals surface area contributed by atoms with Crippen LogP contribution in [0.15, 0.2) is 35.5 Å². The maximum Gasteiger partial charge on any atom is 0.494 e. The number of ether oxygens (including phenoxy) is 2. The maximum absolute atomic E-state index is 13.5. The topological polar surface area (TPSA) is 98.7 Å². The van der Waals surface area contributed by atoms with Gasteiger partial charge in [0.25, 0.3) is 0 Å². The fourth-order valence-corrected chi connectivity index (χ4v) is 4.92. The monoisotopic (exact) mass is 511 g/mol. The second kappa shape index (κ2) is 10.6. The molecule has 10 heteroatoms. The number of methoxy groups -OCH3 is 2. The van der Waals surface area contributed by atoms with E-state index in [4.69, 9.17) is 23.8 Å². The average Bonchev–Trinajstić information content (AvgIpc) is 3.59. The average molecular weight is 511 g/mol. The molecule has 200 valence electrons. The molecule has 0 radical (unpaired) electrons. The number of carbonyl (C=O) groups is 2. The highest BCUT2D eigenvalue weighted by molar-refractivity contribution is 6.62. The van der Waals surface area contributed by atoms with Crippen molar-refractivity contribution in [3.63, 3.8) is 0 Å². The van der Waals surface area contributed by atoms with Gasteiger partial charge in [-0.05, 0) is 64.1 Å². The van der Waals surface area contributed by atoms with Crippen LogP contribution < -0.4 is 10.8 Å². The summed E-state index contributed by atoms with van der Waals surface area (Å²) in [5.41, 5.74) is 3.34. The van der Waals surface area contributed by atoms with Crippen LogP contribution in [0.1, 0.15) is 59.4 Å². The molecule has 3 aliphatic heterocycles. The summed E-state index contributed by atoms with van der Waals surface area (Å²) in [5.74, 6) is -0.190. The molecule has 9 nitrogen and oxygen atoms in total. The summed E-state index contributed by atoms with van der Waals surface area (Å²) >= 11 is 0. The van der Waals surface area contributed by atoms with Gasteiger partial charge in [0.05, 0.1) is 30.5 Å². The molecule has 0 unspecified atom stereocenters. The molecule has 0 aromatic heterocycles. The van der Waals surface area contributed by atoms with Crippen LogP contribution in [-0.2, 0) is 23.6 Å². The summed E-state index contributed by atoms with van der Waals surface area (Å²) in [6, 6.07) is 7.26. The summed E-state index contributed by atoms with van der Waals surface area (Å²) in [5, 5.41) is 2.63. The van der Waals surface area contributed by atoms with E-state index in [-0.39, 0.29) is 23.2 Å². The first-order chi connectivity index (χ1) is 17.5. The lowest BCUT2D eigenvalue weighted by atomic mass is 9.78. The van der Waals surface area contributed by atoms with Gasteiger partial charge in [0.15, 0.2) is 0 Å². The minimum absolute atomic E-state index is 0.115. The molecule has 0 saturated carbocycles. The first kappa shape index (κ1) is 27.4. The maximum atomic E-state index is 13.5. The number of likely N-dealkylation sites (tertiary alicyclic amines) is 1. The predicted octanol–water partition coefficient (Wildman–Crippen LogP) is 2.92. The fraction of sp³-hybridized carbons (Fsp3) is 0.593. The van der Waals surface area contributed by atoms with Crippen molar-refractivity contribution in [2.75, 3.05) is 20.8 Å². The van der Waals surface area contributed by atoms with E-state index in [9.17, 15) is 9.59 Å². The van der Waals surface area contributed by atoms with E-state index in [1.165, 1.54) is 14.2 Å². The molecule has 0 bridgehead atoms. The van der Waals surface area contributed by atoms with E-state index in [0.717, 1.165) is 35.2 Å². The molecular formula is C27H38BN3O6. The van der Waals surface area contributed by atoms with Crippen LogP contribution in [0.3, 0.4) is 0 Å². The molecule has 2 amide bonds. The van der Waals surface area contributed by atoms with E-state index in [2.05, 4.69) is 17.4 Å². The van der Waals surface area contributed by atoms with Gasteiger partial charge in [-0.15, -0.1) is 0 Å². The second-order valence-electron chi connectivity index (χ2n) is 10.9. The normalized spacial score (nSPS) is 23.9. The van der Waals surface area contributed by atoms with E-state index < -0.39 is 25.4 Å². The van der Waals surface area contributed by atoms with Crippen LogP contribution in [0.25, 0.3) is 5.57 Å². The van der Waals surface area contributed by atoms with Gasteiger partial charge in [-0.1, -0.05) is 24.3 Å². The standard InChI is InChI=1S/C27H38BN3O6/c1-17(34-6)23(30-25(33)35-7)24(32)31-14-8-9-22(31)21-15-19(16-29-21)18-10-12-20(13-11-18)28-36-26(2,3)27(4,5)37-28/h10-13,16-17,22-23H,8-9,14-15H2,1-7H3,(H,30,33)/t17-,22+,23+/m1/s1. The van der Waals surface area contributed by atoms with Crippen molar-refractivity contribution in [2.24, 2.45) is 4.99 Å². The lowest BCUT2D eigenvalue weighted by Gasteiger charge is -2.32. The second-order valence-corrected chi connectivity index (χ2v) is 10.9. The molecule has 0 aliphatic carbocycles. The number of hydrogen-bond donors (Lipinski definition) is 1. The lowest BCUT2D eigenvalue weighted by molar-refractivity contribution is -0.136. The third kappa shape index (κ3) is 5.47. The number of nitrogens with zero attached hydrogens (tertiary/aromatic N) is 2. The van der Waals surface area contributed by atoms with Crippen LogP contribution in [0, 0.1) is 0 Å². The van der Waals surface area contributed by atoms with Crippen LogP contribution >= 0.6 is 0 Å². The van der Waals surface area contributed by atoms with E-state index in [1.54, 1.807) is 6.92 Å². The van der Waals surface area contributed by atoms with Crippen molar-refractivity contribution in [2.45, 2.75) is 83.3 Å². The van der Waals surface area contributed by atoms with Gasteiger partial charge in [-0.3, -0.25) is 9.79 Å². The summed E-state index contributed by atoms with van der Waals surface area (Å²) < 4.78 is 22.4. The Morgan fingerprint density at radius 2 is 1.78 bits per heavy atom. The Morgan fingerprint density at radius 1 is 1.14 bits per heavy atom. The lowest BCUT2D eigenvalue weighted by Crippen LogP contribution is -2.56. The minimum atomic E-state index is -0.838. The number of carbonyl (C=O) groups excluding carboxylic acids is 2. The molecule has 1 aromatic carbocycles. The molecule has 1 N–H and O–H groups in total. The Hall–Kier alpha value is -2.69. The zero-order valence-corrected chi connectivity index (χ0v) is 22.9. The van der Waals surface area contributed by atoms with Crippen molar-refractivity contribution in [1.29, 1.82) is 0 Å². The Kier molecular flexibility index (Phi) is 7.83. The largest absolute Gasteiger partial charge is 0.494 e. The molecule has 3 heterocycles. The molecule has 37 heavy (non-hydrogen) atoms. The van der Waals surface area contributed by atoms with Gasteiger partial charge in [-0.25, -0.2) is 4.79 Å². The molecule has 3 atom stereocenters. The summed E-state index contributed by atoms with van der Waals surface area (Å²) in [6.07, 6.45) is 3.10. The number of allylic oxidation sites excluding steroid dienone is 1. The van der Waals surface area contributed by atoms with Crippen LogP contribution in [0.2, 0.25) is 0 Å². The molecule has 4 rings (SSSR count). The number of rotatable bonds is 7. The van der Waals surface area contributed by atoms with Gasteiger partial charge >= 0.3 is 13.2 Å². The summed E-state index contributed by atoms with van der Waals surface area (Å²) in [4.78, 5) is 31.8. The molecule has 0 spiro atoms. The van der Waals surface area contributed by atoms with E-state index >= 15 is 0 Å². The van der Waals surface area contributed by atoms with Gasteiger partial charge in [-0.2, -0.15) is 0 Å². The first-order valence-corrected chi connectivity index (χ1v) is 12.9. The number of alkyl carbamates (subject to hydrolysis) is 1. The third-order valence-electron chi connectivity index (χ3n) is 8.05. The Morgan fingerprint density at radius 3 is 2.38 bits per heavy atom. The van der Waals surface area contributed by atoms with Crippen LogP contribution in [0.5, 0.6) is 0 Å². The van der Waals surface area contributed by atoms with Crippen molar-refractivity contribution in [3.05, 3.63) is 36.0 Å². The van der Waals surface area contributed by atoms with E-state index in [0.29, 0.717) is 13.0 Å². The van der Waals surface area contributed by atoms with Gasteiger partial charge in [0.1, 0.15) is 6.04 Å². The predicted molar refractivity (Wildman–Crippen MR) is 143 cm³/mol. The molecule has 1 aromatic rings. The van der Waals surface area contributed by atoms with Gasteiger partial charge in [0, 0.05) is 32.0 Å².